The van der Waals surface area contributed by atoms with Gasteiger partial charge >= 0.3 is 17.6 Å². The van der Waals surface area contributed by atoms with Crippen LogP contribution in [0.3, 0.4) is 0 Å². The molecule has 0 amide bonds. The Hall–Kier alpha value is 0.544. The Labute approximate surface area is 173 Å². The molecule has 0 aromatic heterocycles. The molecule has 0 saturated heterocycles. The largest absolute Gasteiger partial charge is 0.514 e. The highest BCUT2D eigenvalue weighted by molar-refractivity contribution is 8.01. The third-order valence-corrected chi connectivity index (χ3v) is 12.9. The van der Waals surface area contributed by atoms with E-state index in [1.54, 1.807) is 0 Å². The standard InChI is InChI=1S/C18H42O6SSi2/c1-8-18(27(22-12-5,23-13-6)24-14-7)25-16-15-17-26(19-9-2,20-10-3)21-11-4/h18H,8-17H2,1-7H3. The van der Waals surface area contributed by atoms with E-state index in [0.717, 1.165) is 24.6 Å². The molecule has 0 aliphatic rings. The van der Waals surface area contributed by atoms with E-state index >= 15 is 0 Å². The molecule has 0 aliphatic carbocycles. The van der Waals surface area contributed by atoms with E-state index in [-0.39, 0.29) is 4.87 Å². The molecule has 164 valence electrons. The molecule has 27 heavy (non-hydrogen) atoms. The summed E-state index contributed by atoms with van der Waals surface area (Å²) in [4.78, 5) is 0.236. The normalized spacial score (nSPS) is 13.9. The predicted octanol–water partition coefficient (Wildman–Crippen LogP) is 4.52. The van der Waals surface area contributed by atoms with Crippen LogP contribution in [-0.4, -0.2) is 67.9 Å². The van der Waals surface area contributed by atoms with Crippen LogP contribution in [0.2, 0.25) is 6.04 Å². The van der Waals surface area contributed by atoms with Gasteiger partial charge in [-0.2, -0.15) is 11.8 Å². The van der Waals surface area contributed by atoms with Crippen molar-refractivity contribution in [2.45, 2.75) is 72.2 Å². The maximum atomic E-state index is 6.09. The maximum absolute atomic E-state index is 6.09. The van der Waals surface area contributed by atoms with Crippen molar-refractivity contribution in [1.82, 2.24) is 0 Å². The molecular weight excluding hydrogens is 400 g/mol. The van der Waals surface area contributed by atoms with Gasteiger partial charge in [0.1, 0.15) is 0 Å². The van der Waals surface area contributed by atoms with Crippen molar-refractivity contribution < 1.29 is 26.6 Å². The van der Waals surface area contributed by atoms with Crippen LogP contribution in [0.1, 0.15) is 61.3 Å². The van der Waals surface area contributed by atoms with E-state index in [9.17, 15) is 0 Å². The number of thioether (sulfide) groups is 1. The highest BCUT2D eigenvalue weighted by Gasteiger charge is 2.49. The molecule has 0 saturated carbocycles. The van der Waals surface area contributed by atoms with E-state index in [4.69, 9.17) is 26.6 Å². The number of hydrogen-bond donors (Lipinski definition) is 0. The first kappa shape index (κ1) is 27.5. The molecule has 0 rings (SSSR count). The van der Waals surface area contributed by atoms with E-state index in [2.05, 4.69) is 6.92 Å². The molecule has 0 radical (unpaired) electrons. The topological polar surface area (TPSA) is 55.4 Å². The number of hydrogen-bond acceptors (Lipinski definition) is 7. The average molecular weight is 443 g/mol. The lowest BCUT2D eigenvalue weighted by Crippen LogP contribution is -2.55. The third-order valence-electron chi connectivity index (χ3n) is 3.84. The van der Waals surface area contributed by atoms with Gasteiger partial charge in [-0.1, -0.05) is 6.92 Å². The fourth-order valence-electron chi connectivity index (χ4n) is 2.99. The Morgan fingerprint density at radius 3 is 1.37 bits per heavy atom. The summed E-state index contributed by atoms with van der Waals surface area (Å²) in [5, 5.41) is 0. The van der Waals surface area contributed by atoms with Crippen LogP contribution in [0.15, 0.2) is 0 Å². The summed E-state index contributed by atoms with van der Waals surface area (Å²) < 4.78 is 36.1. The molecule has 0 spiro atoms. The fourth-order valence-corrected chi connectivity index (χ4v) is 11.0. The first-order valence-corrected chi connectivity index (χ1v) is 15.3. The summed E-state index contributed by atoms with van der Waals surface area (Å²) in [7, 11) is -5.25. The molecule has 0 aromatic rings. The van der Waals surface area contributed by atoms with Gasteiger partial charge in [-0.05, 0) is 60.1 Å². The Morgan fingerprint density at radius 2 is 1.04 bits per heavy atom. The first-order valence-electron chi connectivity index (χ1n) is 10.5. The Balaban J connectivity index is 4.90. The van der Waals surface area contributed by atoms with Gasteiger partial charge in [-0.15, -0.1) is 0 Å². The molecule has 6 nitrogen and oxygen atoms in total. The summed E-state index contributed by atoms with van der Waals surface area (Å²) in [6.45, 7) is 17.8. The lowest BCUT2D eigenvalue weighted by atomic mass is 10.6. The molecule has 0 fully saturated rings. The molecular formula is C18H42O6SSi2. The van der Waals surface area contributed by atoms with Crippen LogP contribution in [0, 0.1) is 0 Å². The van der Waals surface area contributed by atoms with Crippen molar-refractivity contribution in [2.24, 2.45) is 0 Å². The van der Waals surface area contributed by atoms with E-state index < -0.39 is 17.6 Å². The second-order valence-electron chi connectivity index (χ2n) is 5.76. The fraction of sp³-hybridized carbons (Fsp3) is 1.00. The summed E-state index contributed by atoms with van der Waals surface area (Å²) in [5.41, 5.74) is 0. The third kappa shape index (κ3) is 9.73. The van der Waals surface area contributed by atoms with Gasteiger partial charge in [0.05, 0.1) is 4.87 Å². The lowest BCUT2D eigenvalue weighted by molar-refractivity contribution is 0.0692. The number of rotatable bonds is 19. The zero-order valence-corrected chi connectivity index (χ0v) is 21.3. The van der Waals surface area contributed by atoms with E-state index in [0.29, 0.717) is 39.6 Å². The van der Waals surface area contributed by atoms with Crippen LogP contribution in [0.4, 0.5) is 0 Å². The van der Waals surface area contributed by atoms with Crippen molar-refractivity contribution in [3.63, 3.8) is 0 Å². The van der Waals surface area contributed by atoms with E-state index in [1.807, 2.05) is 53.3 Å². The summed E-state index contributed by atoms with van der Waals surface area (Å²) in [5.74, 6) is 0.975. The quantitative estimate of drug-likeness (QED) is 0.215. The zero-order chi connectivity index (χ0) is 20.6. The molecule has 9 heteroatoms. The van der Waals surface area contributed by atoms with Gasteiger partial charge < -0.3 is 26.6 Å². The molecule has 1 unspecified atom stereocenters. The van der Waals surface area contributed by atoms with Crippen LogP contribution < -0.4 is 0 Å². The highest BCUT2D eigenvalue weighted by atomic mass is 32.2. The molecule has 1 atom stereocenters. The van der Waals surface area contributed by atoms with Crippen molar-refractivity contribution in [3.05, 3.63) is 0 Å². The minimum atomic E-state index is -2.69. The highest BCUT2D eigenvalue weighted by Crippen LogP contribution is 2.30. The Morgan fingerprint density at radius 1 is 0.630 bits per heavy atom. The molecule has 0 bridgehead atoms. The molecule has 0 aliphatic heterocycles. The molecule has 0 heterocycles. The summed E-state index contributed by atoms with van der Waals surface area (Å²) in [6, 6.07) is 0.832. The van der Waals surface area contributed by atoms with Crippen LogP contribution in [0.25, 0.3) is 0 Å². The van der Waals surface area contributed by atoms with Gasteiger partial charge in [0.15, 0.2) is 0 Å². The first-order chi connectivity index (χ1) is 13.0. The van der Waals surface area contributed by atoms with Crippen molar-refractivity contribution in [1.29, 1.82) is 0 Å². The minimum Gasteiger partial charge on any atom is -0.374 e. The second-order valence-corrected chi connectivity index (χ2v) is 13.0. The van der Waals surface area contributed by atoms with Gasteiger partial charge in [0.2, 0.25) is 0 Å². The summed E-state index contributed by atoms with van der Waals surface area (Å²) >= 11 is 1.89. The molecule has 0 N–H and O–H groups in total. The van der Waals surface area contributed by atoms with Gasteiger partial charge in [-0.25, -0.2) is 0 Å². The van der Waals surface area contributed by atoms with Crippen molar-refractivity contribution in [2.75, 3.05) is 45.4 Å². The van der Waals surface area contributed by atoms with E-state index in [1.165, 1.54) is 0 Å². The van der Waals surface area contributed by atoms with Gasteiger partial charge in [-0.3, -0.25) is 0 Å². The average Bonchev–Trinajstić information content (AvgIpc) is 2.63. The van der Waals surface area contributed by atoms with Crippen LogP contribution >= 0.6 is 11.8 Å². The van der Waals surface area contributed by atoms with Crippen LogP contribution in [0.5, 0.6) is 0 Å². The Bertz CT molecular complexity index is 318. The zero-order valence-electron chi connectivity index (χ0n) is 18.5. The smallest absolute Gasteiger partial charge is 0.374 e. The van der Waals surface area contributed by atoms with Crippen molar-refractivity contribution in [3.8, 4) is 0 Å². The van der Waals surface area contributed by atoms with Crippen molar-refractivity contribution >= 4 is 29.4 Å². The summed E-state index contributed by atoms with van der Waals surface area (Å²) in [6.07, 6.45) is 1.93. The monoisotopic (exact) mass is 442 g/mol. The SMILES string of the molecule is CCO[Si](CCCSC(CC)[Si](OCC)(OCC)OCC)(OCC)OCC. The Kier molecular flexibility index (Phi) is 16.7. The molecule has 0 aromatic carbocycles. The second kappa shape index (κ2) is 16.4. The van der Waals surface area contributed by atoms with Gasteiger partial charge in [0.25, 0.3) is 0 Å². The minimum absolute atomic E-state index is 0.236. The lowest BCUT2D eigenvalue weighted by Gasteiger charge is -2.34. The maximum Gasteiger partial charge on any atom is 0.514 e. The predicted molar refractivity (Wildman–Crippen MR) is 117 cm³/mol. The van der Waals surface area contributed by atoms with Gasteiger partial charge in [0, 0.05) is 45.7 Å². The van der Waals surface area contributed by atoms with Crippen LogP contribution in [-0.2, 0) is 26.6 Å².